The zero-order valence-electron chi connectivity index (χ0n) is 11.1. The van der Waals surface area contributed by atoms with Crippen molar-refractivity contribution in [1.82, 2.24) is 0 Å². The third kappa shape index (κ3) is 7.37. The van der Waals surface area contributed by atoms with E-state index in [-0.39, 0.29) is 0 Å². The Bertz CT molecular complexity index is 166. The van der Waals surface area contributed by atoms with Crippen molar-refractivity contribution in [3.8, 4) is 0 Å². The number of unbranched alkanes of at least 4 members (excludes halogenated alkanes) is 1. The molecule has 0 aromatic rings. The first kappa shape index (κ1) is 17.0. The van der Waals surface area contributed by atoms with Crippen LogP contribution in [-0.4, -0.2) is 49.0 Å². The van der Waals surface area contributed by atoms with Crippen molar-refractivity contribution in [3.05, 3.63) is 0 Å². The third-order valence-corrected chi connectivity index (χ3v) is 16.7. The van der Waals surface area contributed by atoms with Gasteiger partial charge in [-0.15, -0.1) is 0 Å². The molecule has 0 saturated carbocycles. The van der Waals surface area contributed by atoms with Gasteiger partial charge in [-0.3, -0.25) is 0 Å². The van der Waals surface area contributed by atoms with E-state index in [1.807, 2.05) is 26.0 Å². The monoisotopic (exact) mass is 357 g/mol. The molecule has 0 bridgehead atoms. The molecule has 1 atom stereocenters. The second-order valence-corrected chi connectivity index (χ2v) is 16.9. The molecular formula is C11H27NO2SSn. The van der Waals surface area contributed by atoms with Gasteiger partial charge in [-0.05, 0) is 0 Å². The summed E-state index contributed by atoms with van der Waals surface area (Å²) < 4.78 is 13.7. The Morgan fingerprint density at radius 1 is 1.25 bits per heavy atom. The van der Waals surface area contributed by atoms with Crippen molar-refractivity contribution in [2.45, 2.75) is 43.6 Å². The normalized spacial score (nSPS) is 14.1. The minimum absolute atomic E-state index is 0.319. The van der Waals surface area contributed by atoms with Gasteiger partial charge in [0.05, 0.1) is 0 Å². The third-order valence-electron chi connectivity index (χ3n) is 2.74. The van der Waals surface area contributed by atoms with Gasteiger partial charge in [-0.25, -0.2) is 0 Å². The summed E-state index contributed by atoms with van der Waals surface area (Å²) in [6.07, 6.45) is 3.50. The van der Waals surface area contributed by atoms with Gasteiger partial charge in [0.2, 0.25) is 0 Å². The summed E-state index contributed by atoms with van der Waals surface area (Å²) >= 11 is -0.740. The van der Waals surface area contributed by atoms with Crippen molar-refractivity contribution in [3.63, 3.8) is 0 Å². The Morgan fingerprint density at radius 3 is 2.31 bits per heavy atom. The average Bonchev–Trinajstić information content (AvgIpc) is 2.29. The van der Waals surface area contributed by atoms with E-state index in [4.69, 9.17) is 11.9 Å². The maximum atomic E-state index is 5.74. The van der Waals surface area contributed by atoms with Crippen molar-refractivity contribution in [1.29, 1.82) is 0 Å². The standard InChI is InChI=1S/C6H14N.C3H7S.2CH3O.Sn/c1-3-4-5-6(2)7;1-3-4-2;2*1-2;/h6H,1,3-5,7H2,2H3;2-3H2,1H3;2*1H3;/q;;2*-1;+2. The van der Waals surface area contributed by atoms with Crippen LogP contribution in [0.25, 0.3) is 0 Å². The van der Waals surface area contributed by atoms with Gasteiger partial charge in [0, 0.05) is 0 Å². The first-order valence-corrected chi connectivity index (χ1v) is 13.6. The molecule has 2 N–H and O–H groups in total. The Labute approximate surface area is 110 Å². The van der Waals surface area contributed by atoms with Gasteiger partial charge < -0.3 is 0 Å². The van der Waals surface area contributed by atoms with E-state index in [0.717, 1.165) is 20.4 Å². The Morgan fingerprint density at radius 2 is 1.88 bits per heavy atom. The van der Waals surface area contributed by atoms with Gasteiger partial charge in [0.25, 0.3) is 0 Å². The van der Waals surface area contributed by atoms with E-state index in [2.05, 4.69) is 13.8 Å². The molecular weight excluding hydrogens is 329 g/mol. The van der Waals surface area contributed by atoms with Crippen molar-refractivity contribution < 1.29 is 6.15 Å². The van der Waals surface area contributed by atoms with E-state index >= 15 is 0 Å². The molecule has 0 saturated heterocycles. The van der Waals surface area contributed by atoms with Crippen molar-refractivity contribution in [2.24, 2.45) is 5.73 Å². The summed E-state index contributed by atoms with van der Waals surface area (Å²) in [5.74, 6) is 1.14. The fraction of sp³-hybridized carbons (Fsp3) is 1.00. The quantitative estimate of drug-likeness (QED) is 0.483. The Kier molecular flexibility index (Phi) is 10.6. The fourth-order valence-electron chi connectivity index (χ4n) is 1.60. The van der Waals surface area contributed by atoms with Gasteiger partial charge in [0.1, 0.15) is 0 Å². The number of rotatable bonds is 10. The molecule has 1 unspecified atom stereocenters. The fourth-order valence-corrected chi connectivity index (χ4v) is 14.0. The topological polar surface area (TPSA) is 44.5 Å². The summed E-state index contributed by atoms with van der Waals surface area (Å²) in [5, 5.41) is 0. The van der Waals surface area contributed by atoms with E-state index in [1.54, 1.807) is 0 Å². The van der Waals surface area contributed by atoms with Crippen molar-refractivity contribution >= 4 is 31.0 Å². The van der Waals surface area contributed by atoms with Gasteiger partial charge in [0.15, 0.2) is 0 Å². The van der Waals surface area contributed by atoms with Crippen LogP contribution in [0, 0.1) is 0 Å². The average molecular weight is 356 g/mol. The molecule has 0 aromatic carbocycles. The van der Waals surface area contributed by atoms with Crippen LogP contribution < -0.4 is 5.73 Å². The zero-order chi connectivity index (χ0) is 12.4. The minimum atomic E-state index is -2.69. The molecule has 0 aliphatic carbocycles. The molecule has 0 spiro atoms. The molecule has 0 fully saturated rings. The zero-order valence-corrected chi connectivity index (χ0v) is 14.8. The molecule has 0 amide bonds. The molecule has 98 valence electrons. The van der Waals surface area contributed by atoms with Crippen LogP contribution >= 0.6 is 11.8 Å². The number of hydrogen-bond donors (Lipinski definition) is 1. The molecule has 16 heavy (non-hydrogen) atoms. The molecule has 0 aromatic heterocycles. The summed E-state index contributed by atoms with van der Waals surface area (Å²) in [5.41, 5.74) is 5.74. The van der Waals surface area contributed by atoms with Crippen LogP contribution in [-0.2, 0) is 6.15 Å². The number of nitrogens with two attached hydrogens (primary N) is 1. The Balaban J connectivity index is 3.91. The first-order valence-electron chi connectivity index (χ1n) is 6.04. The summed E-state index contributed by atoms with van der Waals surface area (Å²) in [7, 11) is 3.64. The van der Waals surface area contributed by atoms with Crippen LogP contribution in [0.4, 0.5) is 0 Å². The van der Waals surface area contributed by atoms with Gasteiger partial charge in [-0.2, -0.15) is 0 Å². The van der Waals surface area contributed by atoms with Crippen LogP contribution in [0.1, 0.15) is 33.1 Å². The van der Waals surface area contributed by atoms with Crippen LogP contribution in [0.3, 0.4) is 0 Å². The van der Waals surface area contributed by atoms with Gasteiger partial charge >= 0.3 is 110 Å². The molecule has 0 aliphatic rings. The van der Waals surface area contributed by atoms with Crippen LogP contribution in [0.5, 0.6) is 0 Å². The van der Waals surface area contributed by atoms with E-state index in [9.17, 15) is 0 Å². The second-order valence-electron chi connectivity index (χ2n) is 4.18. The second kappa shape index (κ2) is 10.00. The molecule has 0 aliphatic heterocycles. The maximum absolute atomic E-state index is 5.74. The molecule has 0 heterocycles. The molecule has 5 heteroatoms. The number of thioether (sulfide) groups is 1. The molecule has 0 radical (unpaired) electrons. The van der Waals surface area contributed by atoms with E-state index in [1.165, 1.54) is 12.8 Å². The van der Waals surface area contributed by atoms with E-state index < -0.39 is 19.2 Å². The predicted molar refractivity (Wildman–Crippen MR) is 75.1 cm³/mol. The predicted octanol–water partition coefficient (Wildman–Crippen LogP) is 2.53. The summed E-state index contributed by atoms with van der Waals surface area (Å²) in [6, 6.07) is 0.319. The first-order chi connectivity index (χ1) is 7.60. The van der Waals surface area contributed by atoms with Gasteiger partial charge in [-0.1, -0.05) is 0 Å². The summed E-state index contributed by atoms with van der Waals surface area (Å²) in [4.78, 5) is 0. The molecule has 0 rings (SSSR count). The number of hydrogen-bond acceptors (Lipinski definition) is 4. The van der Waals surface area contributed by atoms with E-state index in [0.29, 0.717) is 6.04 Å². The molecule has 3 nitrogen and oxygen atoms in total. The van der Waals surface area contributed by atoms with Crippen LogP contribution in [0.15, 0.2) is 0 Å². The van der Waals surface area contributed by atoms with Crippen LogP contribution in [0.2, 0.25) is 4.44 Å². The van der Waals surface area contributed by atoms with Crippen molar-refractivity contribution in [2.75, 3.05) is 23.7 Å². The summed E-state index contributed by atoms with van der Waals surface area (Å²) in [6.45, 7) is 4.25. The Hall–Kier alpha value is 1.03. The SMILES string of the molecule is CCS[CH2][Sn]([CH2]CCCC(C)N)([O]C)[O]C.